The Labute approximate surface area is 124 Å². The van der Waals surface area contributed by atoms with Crippen molar-refractivity contribution in [3.8, 4) is 0 Å². The number of halogens is 2. The van der Waals surface area contributed by atoms with Crippen molar-refractivity contribution in [1.82, 2.24) is 0 Å². The lowest BCUT2D eigenvalue weighted by Gasteiger charge is -2.11. The van der Waals surface area contributed by atoms with Crippen LogP contribution in [-0.4, -0.2) is 12.6 Å². The Balaban J connectivity index is 2.68. The number of benzene rings is 3. The van der Waals surface area contributed by atoms with Crippen LogP contribution >= 0.6 is 23.2 Å². The Morgan fingerprint density at radius 1 is 0.650 bits per heavy atom. The zero-order valence-corrected chi connectivity index (χ0v) is 11.7. The predicted octanol–water partition coefficient (Wildman–Crippen LogP) is 4.92. The van der Waals surface area contributed by atoms with Crippen molar-refractivity contribution in [2.75, 3.05) is 0 Å². The van der Waals surface area contributed by atoms with E-state index in [4.69, 9.17) is 23.2 Å². The third-order valence-electron chi connectivity index (χ3n) is 3.36. The van der Waals surface area contributed by atoms with E-state index in [-0.39, 0.29) is 0 Å². The molecule has 2 nitrogen and oxygen atoms in total. The van der Waals surface area contributed by atoms with Gasteiger partial charge in [-0.1, -0.05) is 35.3 Å². The lowest BCUT2D eigenvalue weighted by Crippen LogP contribution is -1.95. The fraction of sp³-hybridized carbons (Fsp3) is 0. The minimum atomic E-state index is 0.376. The summed E-state index contributed by atoms with van der Waals surface area (Å²) in [5, 5.41) is 4.14. The van der Waals surface area contributed by atoms with Gasteiger partial charge in [-0.25, -0.2) is 0 Å². The van der Waals surface area contributed by atoms with Crippen LogP contribution in [0.1, 0.15) is 20.7 Å². The molecule has 20 heavy (non-hydrogen) atoms. The quantitative estimate of drug-likeness (QED) is 0.497. The van der Waals surface area contributed by atoms with Crippen LogP contribution in [-0.2, 0) is 0 Å². The Morgan fingerprint density at radius 2 is 1.05 bits per heavy atom. The molecule has 3 rings (SSSR count). The van der Waals surface area contributed by atoms with Crippen molar-refractivity contribution in [2.45, 2.75) is 0 Å². The van der Waals surface area contributed by atoms with Crippen LogP contribution in [0, 0.1) is 0 Å². The average Bonchev–Trinajstić information content (AvgIpc) is 2.45. The number of carbonyl (C=O) groups excluding carboxylic acids is 2. The third kappa shape index (κ3) is 1.89. The van der Waals surface area contributed by atoms with E-state index in [2.05, 4.69) is 0 Å². The minimum Gasteiger partial charge on any atom is -0.298 e. The molecule has 0 saturated carbocycles. The molecule has 0 heterocycles. The molecule has 4 heteroatoms. The summed E-state index contributed by atoms with van der Waals surface area (Å²) < 4.78 is 0. The Kier molecular flexibility index (Phi) is 3.20. The van der Waals surface area contributed by atoms with Gasteiger partial charge in [-0.15, -0.1) is 0 Å². The summed E-state index contributed by atoms with van der Waals surface area (Å²) in [6.45, 7) is 0. The molecule has 0 spiro atoms. The van der Waals surface area contributed by atoms with Crippen LogP contribution in [0.3, 0.4) is 0 Å². The first kappa shape index (κ1) is 13.1. The summed E-state index contributed by atoms with van der Waals surface area (Å²) in [4.78, 5) is 22.8. The highest BCUT2D eigenvalue weighted by Gasteiger charge is 2.14. The standard InChI is InChI=1S/C16H8Cl2O2/c17-9-1-3-11-13(5-9)14-6-10(18)2-4-12(14)16(8-20)15(11)7-19/h1-8H. The molecule has 98 valence electrons. The van der Waals surface area contributed by atoms with Gasteiger partial charge in [-0.3, -0.25) is 9.59 Å². The average molecular weight is 303 g/mol. The molecule has 0 unspecified atom stereocenters. The van der Waals surface area contributed by atoms with Gasteiger partial charge in [0.2, 0.25) is 0 Å². The number of aldehydes is 2. The smallest absolute Gasteiger partial charge is 0.151 e. The van der Waals surface area contributed by atoms with E-state index < -0.39 is 0 Å². The molecule has 0 aliphatic heterocycles. The number of hydrogen-bond donors (Lipinski definition) is 0. The van der Waals surface area contributed by atoms with Gasteiger partial charge >= 0.3 is 0 Å². The van der Waals surface area contributed by atoms with Gasteiger partial charge in [0.25, 0.3) is 0 Å². The van der Waals surface area contributed by atoms with Crippen molar-refractivity contribution < 1.29 is 9.59 Å². The van der Waals surface area contributed by atoms with Crippen molar-refractivity contribution in [1.29, 1.82) is 0 Å². The summed E-state index contributed by atoms with van der Waals surface area (Å²) in [5.74, 6) is 0. The van der Waals surface area contributed by atoms with Gasteiger partial charge in [0.15, 0.2) is 12.6 Å². The number of hydrogen-bond acceptors (Lipinski definition) is 2. The topological polar surface area (TPSA) is 34.1 Å². The SMILES string of the molecule is O=Cc1c(C=O)c2ccc(Cl)cc2c2cc(Cl)ccc12. The van der Waals surface area contributed by atoms with E-state index >= 15 is 0 Å². The summed E-state index contributed by atoms with van der Waals surface area (Å²) in [5.41, 5.74) is 0.753. The van der Waals surface area contributed by atoms with Crippen LogP contribution in [0.2, 0.25) is 10.0 Å². The molecule has 0 radical (unpaired) electrons. The molecule has 0 saturated heterocycles. The Hall–Kier alpha value is -1.90. The minimum absolute atomic E-state index is 0.376. The number of rotatable bonds is 2. The predicted molar refractivity (Wildman–Crippen MR) is 82.2 cm³/mol. The van der Waals surface area contributed by atoms with E-state index in [1.807, 2.05) is 0 Å². The van der Waals surface area contributed by atoms with E-state index in [0.29, 0.717) is 44.5 Å². The first-order valence-corrected chi connectivity index (χ1v) is 6.66. The summed E-state index contributed by atoms with van der Waals surface area (Å²) >= 11 is 12.1. The van der Waals surface area contributed by atoms with Crippen molar-refractivity contribution in [3.05, 3.63) is 57.6 Å². The van der Waals surface area contributed by atoms with Crippen LogP contribution < -0.4 is 0 Å². The van der Waals surface area contributed by atoms with Gasteiger partial charge in [-0.2, -0.15) is 0 Å². The second kappa shape index (κ2) is 4.89. The van der Waals surface area contributed by atoms with Crippen LogP contribution in [0.15, 0.2) is 36.4 Å². The third-order valence-corrected chi connectivity index (χ3v) is 3.83. The van der Waals surface area contributed by atoms with E-state index in [0.717, 1.165) is 10.8 Å². The maximum Gasteiger partial charge on any atom is 0.151 e. The number of carbonyl (C=O) groups is 2. The van der Waals surface area contributed by atoms with Crippen molar-refractivity contribution >= 4 is 57.3 Å². The highest BCUT2D eigenvalue weighted by molar-refractivity contribution is 6.34. The van der Waals surface area contributed by atoms with Crippen LogP contribution in [0.5, 0.6) is 0 Å². The van der Waals surface area contributed by atoms with Gasteiger partial charge in [0.05, 0.1) is 0 Å². The zero-order chi connectivity index (χ0) is 14.3. The molecule has 3 aromatic rings. The fourth-order valence-electron chi connectivity index (χ4n) is 2.49. The Morgan fingerprint density at radius 3 is 1.40 bits per heavy atom. The molecule has 3 aromatic carbocycles. The van der Waals surface area contributed by atoms with Crippen molar-refractivity contribution in [3.63, 3.8) is 0 Å². The maximum absolute atomic E-state index is 11.4. The van der Waals surface area contributed by atoms with Gasteiger partial charge in [-0.05, 0) is 45.8 Å². The summed E-state index contributed by atoms with van der Waals surface area (Å²) in [6, 6.07) is 10.4. The molecular weight excluding hydrogens is 295 g/mol. The van der Waals surface area contributed by atoms with E-state index in [9.17, 15) is 9.59 Å². The fourth-order valence-corrected chi connectivity index (χ4v) is 2.84. The molecular formula is C16H8Cl2O2. The second-order valence-corrected chi connectivity index (χ2v) is 5.32. The molecule has 0 fully saturated rings. The van der Waals surface area contributed by atoms with Crippen molar-refractivity contribution in [2.24, 2.45) is 0 Å². The van der Waals surface area contributed by atoms with E-state index in [1.165, 1.54) is 0 Å². The molecule has 0 atom stereocenters. The largest absolute Gasteiger partial charge is 0.298 e. The molecule has 0 aliphatic carbocycles. The number of fused-ring (bicyclic) bond motifs is 3. The molecule has 0 bridgehead atoms. The highest BCUT2D eigenvalue weighted by atomic mass is 35.5. The normalized spacial score (nSPS) is 10.9. The lowest BCUT2D eigenvalue weighted by atomic mass is 9.93. The van der Waals surface area contributed by atoms with Crippen LogP contribution in [0.4, 0.5) is 0 Å². The highest BCUT2D eigenvalue weighted by Crippen LogP contribution is 2.34. The monoisotopic (exact) mass is 302 g/mol. The van der Waals surface area contributed by atoms with Crippen LogP contribution in [0.25, 0.3) is 21.5 Å². The van der Waals surface area contributed by atoms with E-state index in [1.54, 1.807) is 36.4 Å². The Bertz CT molecular complexity index is 797. The maximum atomic E-state index is 11.4. The molecule has 0 aliphatic rings. The summed E-state index contributed by atoms with van der Waals surface area (Å²) in [7, 11) is 0. The zero-order valence-electron chi connectivity index (χ0n) is 10.2. The first-order chi connectivity index (χ1) is 9.65. The first-order valence-electron chi connectivity index (χ1n) is 5.90. The molecule has 0 amide bonds. The second-order valence-electron chi connectivity index (χ2n) is 4.44. The van der Waals surface area contributed by atoms with Gasteiger partial charge in [0.1, 0.15) is 0 Å². The van der Waals surface area contributed by atoms with Gasteiger partial charge in [0, 0.05) is 21.2 Å². The molecule has 0 aromatic heterocycles. The summed E-state index contributed by atoms with van der Waals surface area (Å²) in [6.07, 6.45) is 1.40. The van der Waals surface area contributed by atoms with Gasteiger partial charge < -0.3 is 0 Å². The molecule has 0 N–H and O–H groups in total. The lowest BCUT2D eigenvalue weighted by molar-refractivity contribution is 0.109.